The maximum atomic E-state index is 13.1. The molecular formula is C18H29N3O4S. The summed E-state index contributed by atoms with van der Waals surface area (Å²) in [5.41, 5.74) is 0.822. The zero-order chi connectivity index (χ0) is 19.3. The van der Waals surface area contributed by atoms with E-state index in [-0.39, 0.29) is 29.6 Å². The van der Waals surface area contributed by atoms with Gasteiger partial charge in [-0.05, 0) is 31.2 Å². The summed E-state index contributed by atoms with van der Waals surface area (Å²) in [5, 5.41) is 0. The largest absolute Gasteiger partial charge is 0.495 e. The smallest absolute Gasteiger partial charge is 0.247 e. The number of amides is 1. The number of nitrogens with zero attached hydrogens (tertiary/aromatic N) is 3. The highest BCUT2D eigenvalue weighted by atomic mass is 32.2. The molecule has 0 aromatic heterocycles. The number of methoxy groups -OCH3 is 1. The third-order valence-corrected chi connectivity index (χ3v) is 6.72. The van der Waals surface area contributed by atoms with Crippen LogP contribution in [0.4, 0.5) is 0 Å². The van der Waals surface area contributed by atoms with Gasteiger partial charge in [-0.15, -0.1) is 0 Å². The number of piperazine rings is 1. The fourth-order valence-corrected chi connectivity index (χ4v) is 4.69. The van der Waals surface area contributed by atoms with Gasteiger partial charge < -0.3 is 14.5 Å². The Morgan fingerprint density at radius 2 is 1.85 bits per heavy atom. The molecule has 1 fully saturated rings. The maximum Gasteiger partial charge on any atom is 0.247 e. The van der Waals surface area contributed by atoms with E-state index < -0.39 is 10.0 Å². The van der Waals surface area contributed by atoms with Gasteiger partial charge in [0.05, 0.1) is 13.7 Å². The normalized spacial score (nSPS) is 16.1. The molecule has 1 aliphatic rings. The molecule has 1 heterocycles. The first-order valence-corrected chi connectivity index (χ1v) is 10.4. The highest BCUT2D eigenvalue weighted by molar-refractivity contribution is 7.89. The van der Waals surface area contributed by atoms with Crippen molar-refractivity contribution in [1.82, 2.24) is 14.1 Å². The molecule has 26 heavy (non-hydrogen) atoms. The van der Waals surface area contributed by atoms with E-state index in [0.29, 0.717) is 13.1 Å². The Bertz CT molecular complexity index is 728. The maximum absolute atomic E-state index is 13.1. The van der Waals surface area contributed by atoms with Gasteiger partial charge in [0.15, 0.2) is 0 Å². The monoisotopic (exact) mass is 383 g/mol. The van der Waals surface area contributed by atoms with Gasteiger partial charge in [-0.25, -0.2) is 8.42 Å². The molecule has 1 aromatic carbocycles. The second kappa shape index (κ2) is 8.83. The zero-order valence-corrected chi connectivity index (χ0v) is 16.9. The molecule has 0 aliphatic carbocycles. The van der Waals surface area contributed by atoms with Crippen LogP contribution in [-0.4, -0.2) is 81.4 Å². The van der Waals surface area contributed by atoms with Gasteiger partial charge in [0, 0.05) is 32.7 Å². The molecule has 0 N–H and O–H groups in total. The average molecular weight is 384 g/mol. The molecule has 8 heteroatoms. The number of aryl methyl sites for hydroxylation is 1. The summed E-state index contributed by atoms with van der Waals surface area (Å²) >= 11 is 0. The lowest BCUT2D eigenvalue weighted by Gasteiger charge is -2.35. The quantitative estimate of drug-likeness (QED) is 0.707. The van der Waals surface area contributed by atoms with Crippen molar-refractivity contribution in [2.45, 2.75) is 25.7 Å². The van der Waals surface area contributed by atoms with Crippen LogP contribution >= 0.6 is 0 Å². The molecule has 1 aliphatic heterocycles. The first-order chi connectivity index (χ1) is 12.3. The predicted molar refractivity (Wildman–Crippen MR) is 101 cm³/mol. The lowest BCUT2D eigenvalue weighted by atomic mass is 10.2. The van der Waals surface area contributed by atoms with Crippen molar-refractivity contribution in [2.24, 2.45) is 0 Å². The van der Waals surface area contributed by atoms with Crippen LogP contribution in [0.5, 0.6) is 5.75 Å². The lowest BCUT2D eigenvalue weighted by Crippen LogP contribution is -2.51. The van der Waals surface area contributed by atoms with Crippen molar-refractivity contribution in [3.05, 3.63) is 23.8 Å². The lowest BCUT2D eigenvalue weighted by molar-refractivity contribution is -0.133. The van der Waals surface area contributed by atoms with Gasteiger partial charge in [0.1, 0.15) is 10.6 Å². The minimum atomic E-state index is -3.82. The molecule has 0 bridgehead atoms. The highest BCUT2D eigenvalue weighted by Gasteiger charge is 2.30. The number of carbonyl (C=O) groups excluding carboxylic acids is 1. The fourth-order valence-electron chi connectivity index (χ4n) is 3.06. The molecule has 0 spiro atoms. The highest BCUT2D eigenvalue weighted by Crippen LogP contribution is 2.27. The van der Waals surface area contributed by atoms with E-state index in [1.54, 1.807) is 30.0 Å². The molecule has 0 atom stereocenters. The van der Waals surface area contributed by atoms with Crippen molar-refractivity contribution >= 4 is 15.9 Å². The second-order valence-corrected chi connectivity index (χ2v) is 8.31. The molecule has 1 amide bonds. The molecule has 0 radical (unpaired) electrons. The molecule has 1 aromatic rings. The van der Waals surface area contributed by atoms with Crippen molar-refractivity contribution in [1.29, 1.82) is 0 Å². The number of hydrogen-bond donors (Lipinski definition) is 0. The number of rotatable bonds is 7. The Balaban J connectivity index is 2.17. The van der Waals surface area contributed by atoms with Gasteiger partial charge in [0.25, 0.3) is 0 Å². The summed E-state index contributed by atoms with van der Waals surface area (Å²) < 4.78 is 32.6. The van der Waals surface area contributed by atoms with E-state index in [0.717, 1.165) is 25.2 Å². The van der Waals surface area contributed by atoms with Crippen molar-refractivity contribution in [2.75, 3.05) is 52.9 Å². The van der Waals surface area contributed by atoms with E-state index in [9.17, 15) is 13.2 Å². The van der Waals surface area contributed by atoms with Crippen molar-refractivity contribution < 1.29 is 17.9 Å². The van der Waals surface area contributed by atoms with Crippen LogP contribution in [0.15, 0.2) is 23.1 Å². The first-order valence-electron chi connectivity index (χ1n) is 8.98. The second-order valence-electron chi connectivity index (χ2n) is 6.40. The summed E-state index contributed by atoms with van der Waals surface area (Å²) in [6.45, 7) is 9.62. The average Bonchev–Trinajstić information content (AvgIpc) is 2.65. The Labute approximate surface area is 156 Å². The van der Waals surface area contributed by atoms with Gasteiger partial charge in [0.2, 0.25) is 15.9 Å². The Morgan fingerprint density at radius 1 is 1.19 bits per heavy atom. The minimum absolute atomic E-state index is 0.102. The summed E-state index contributed by atoms with van der Waals surface area (Å²) in [4.78, 5) is 16.8. The topological polar surface area (TPSA) is 70.2 Å². The molecular weight excluding hydrogens is 354 g/mol. The predicted octanol–water partition coefficient (Wildman–Crippen LogP) is 1.18. The summed E-state index contributed by atoms with van der Waals surface area (Å²) in [6, 6.07) is 5.02. The standard InChI is InChI=1S/C18H29N3O4S/c1-5-19-9-11-20(12-10-19)18(22)14-21(6-2)26(23,24)17-13-15(3)7-8-16(17)25-4/h7-8,13H,5-6,9-12,14H2,1-4H3. The number of hydrogen-bond acceptors (Lipinski definition) is 5. The number of benzene rings is 1. The summed E-state index contributed by atoms with van der Waals surface area (Å²) in [5.74, 6) is 0.135. The van der Waals surface area contributed by atoms with Gasteiger partial charge >= 0.3 is 0 Å². The van der Waals surface area contributed by atoms with E-state index in [1.807, 2.05) is 6.92 Å². The van der Waals surface area contributed by atoms with Gasteiger partial charge in [-0.1, -0.05) is 19.9 Å². The molecule has 146 valence electrons. The molecule has 0 saturated carbocycles. The van der Waals surface area contributed by atoms with E-state index in [1.165, 1.54) is 11.4 Å². The molecule has 2 rings (SSSR count). The molecule has 1 saturated heterocycles. The van der Waals surface area contributed by atoms with Crippen LogP contribution in [0.25, 0.3) is 0 Å². The summed E-state index contributed by atoms with van der Waals surface area (Å²) in [6.07, 6.45) is 0. The number of ether oxygens (including phenoxy) is 1. The number of likely N-dealkylation sites (N-methyl/N-ethyl adjacent to an activating group) is 2. The van der Waals surface area contributed by atoms with Crippen molar-refractivity contribution in [3.8, 4) is 5.75 Å². The van der Waals surface area contributed by atoms with Crippen LogP contribution in [0.3, 0.4) is 0 Å². The van der Waals surface area contributed by atoms with E-state index in [4.69, 9.17) is 4.74 Å². The first kappa shape index (κ1) is 20.7. The SMILES string of the molecule is CCN1CCN(C(=O)CN(CC)S(=O)(=O)c2cc(C)ccc2OC)CC1. The Hall–Kier alpha value is -1.64. The number of carbonyl (C=O) groups is 1. The van der Waals surface area contributed by atoms with Crippen LogP contribution in [0.2, 0.25) is 0 Å². The van der Waals surface area contributed by atoms with Crippen LogP contribution in [-0.2, 0) is 14.8 Å². The summed E-state index contributed by atoms with van der Waals surface area (Å²) in [7, 11) is -2.37. The Kier molecular flexibility index (Phi) is 7.02. The third-order valence-electron chi connectivity index (χ3n) is 4.77. The van der Waals surface area contributed by atoms with Crippen LogP contribution in [0, 0.1) is 6.92 Å². The Morgan fingerprint density at radius 3 is 2.38 bits per heavy atom. The zero-order valence-electron chi connectivity index (χ0n) is 16.1. The van der Waals surface area contributed by atoms with Crippen LogP contribution in [0.1, 0.15) is 19.4 Å². The fraction of sp³-hybridized carbons (Fsp3) is 0.611. The minimum Gasteiger partial charge on any atom is -0.495 e. The number of sulfonamides is 1. The van der Waals surface area contributed by atoms with E-state index in [2.05, 4.69) is 11.8 Å². The van der Waals surface area contributed by atoms with Gasteiger partial charge in [-0.2, -0.15) is 4.31 Å². The van der Waals surface area contributed by atoms with Gasteiger partial charge in [-0.3, -0.25) is 4.79 Å². The molecule has 0 unspecified atom stereocenters. The third kappa shape index (κ3) is 4.55. The van der Waals surface area contributed by atoms with Crippen LogP contribution < -0.4 is 4.74 Å². The molecule has 7 nitrogen and oxygen atoms in total. The van der Waals surface area contributed by atoms with Crippen molar-refractivity contribution in [3.63, 3.8) is 0 Å². The van der Waals surface area contributed by atoms with E-state index >= 15 is 0 Å².